The van der Waals surface area contributed by atoms with E-state index in [0.29, 0.717) is 0 Å². The highest BCUT2D eigenvalue weighted by atomic mass is 32.2. The first-order valence-electron chi connectivity index (χ1n) is 10.5. The molecule has 0 aliphatic carbocycles. The number of piperazine rings is 1. The Labute approximate surface area is 167 Å². The van der Waals surface area contributed by atoms with Gasteiger partial charge in [0, 0.05) is 50.2 Å². The van der Waals surface area contributed by atoms with Gasteiger partial charge in [-0.3, -0.25) is 4.90 Å². The first-order chi connectivity index (χ1) is 13.3. The highest BCUT2D eigenvalue weighted by molar-refractivity contribution is 7.99. The molecule has 2 amide bonds. The quantitative estimate of drug-likeness (QED) is 0.601. The summed E-state index contributed by atoms with van der Waals surface area (Å²) in [6, 6.07) is 11.3. The smallest absolute Gasteiger partial charge is 0.317 e. The van der Waals surface area contributed by atoms with E-state index in [1.54, 1.807) is 0 Å². The number of nitrogens with zero attached hydrogens (tertiary/aromatic N) is 3. The molecule has 5 nitrogen and oxygen atoms in total. The number of hydrogen-bond donors (Lipinski definition) is 1. The minimum atomic E-state index is 0.119. The van der Waals surface area contributed by atoms with E-state index in [9.17, 15) is 4.79 Å². The van der Waals surface area contributed by atoms with E-state index in [1.807, 2.05) is 22.7 Å². The fourth-order valence-corrected chi connectivity index (χ4v) is 5.56. The normalized spacial score (nSPS) is 28.3. The third kappa shape index (κ3) is 4.98. The maximum Gasteiger partial charge on any atom is 0.317 e. The molecule has 1 aromatic rings. The van der Waals surface area contributed by atoms with Gasteiger partial charge in [-0.25, -0.2) is 4.79 Å². The van der Waals surface area contributed by atoms with Crippen molar-refractivity contribution in [2.45, 2.75) is 30.2 Å². The van der Waals surface area contributed by atoms with Crippen LogP contribution in [0.25, 0.3) is 0 Å². The molecule has 4 heterocycles. The molecular weight excluding hydrogens is 356 g/mol. The minimum Gasteiger partial charge on any atom is -0.338 e. The number of benzene rings is 1. The molecule has 0 saturated carbocycles. The molecule has 1 aromatic carbocycles. The number of hydrogen-bond acceptors (Lipinski definition) is 4. The molecule has 27 heavy (non-hydrogen) atoms. The van der Waals surface area contributed by atoms with Crippen LogP contribution < -0.4 is 5.32 Å². The molecule has 4 aliphatic heterocycles. The van der Waals surface area contributed by atoms with Gasteiger partial charge in [-0.15, -0.1) is 11.8 Å². The van der Waals surface area contributed by atoms with Crippen LogP contribution in [-0.2, 0) is 0 Å². The maximum atomic E-state index is 12.4. The summed E-state index contributed by atoms with van der Waals surface area (Å²) in [7, 11) is 0. The van der Waals surface area contributed by atoms with Crippen LogP contribution in [0.4, 0.5) is 4.79 Å². The molecule has 0 aromatic heterocycles. The number of carbonyl (C=O) groups excluding carboxylic acids is 1. The molecule has 0 spiro atoms. The van der Waals surface area contributed by atoms with Gasteiger partial charge in [0.15, 0.2) is 0 Å². The predicted molar refractivity (Wildman–Crippen MR) is 111 cm³/mol. The zero-order valence-electron chi connectivity index (χ0n) is 16.2. The van der Waals surface area contributed by atoms with Gasteiger partial charge in [0.1, 0.15) is 0 Å². The number of carbonyl (C=O) groups is 1. The first-order valence-corrected chi connectivity index (χ1v) is 11.5. The van der Waals surface area contributed by atoms with Gasteiger partial charge in [0.2, 0.25) is 0 Å². The van der Waals surface area contributed by atoms with Gasteiger partial charge in [0.25, 0.3) is 0 Å². The van der Waals surface area contributed by atoms with Gasteiger partial charge in [-0.2, -0.15) is 0 Å². The van der Waals surface area contributed by atoms with E-state index >= 15 is 0 Å². The molecule has 2 bridgehead atoms. The highest BCUT2D eigenvalue weighted by Gasteiger charge is 2.38. The van der Waals surface area contributed by atoms with Crippen molar-refractivity contribution in [3.63, 3.8) is 0 Å². The molecule has 4 aliphatic rings. The molecule has 5 rings (SSSR count). The molecule has 4 saturated heterocycles. The molecule has 1 N–H and O–H groups in total. The Kier molecular flexibility index (Phi) is 6.58. The number of amides is 2. The van der Waals surface area contributed by atoms with Crippen molar-refractivity contribution in [3.05, 3.63) is 30.3 Å². The third-order valence-corrected chi connectivity index (χ3v) is 7.40. The van der Waals surface area contributed by atoms with Crippen LogP contribution in [0.15, 0.2) is 35.2 Å². The number of urea groups is 1. The lowest BCUT2D eigenvalue weighted by Gasteiger charge is -2.50. The van der Waals surface area contributed by atoms with Gasteiger partial charge in [-0.1, -0.05) is 18.2 Å². The lowest BCUT2D eigenvalue weighted by atomic mass is 9.83. The second kappa shape index (κ2) is 9.30. The number of piperidine rings is 3. The van der Waals surface area contributed by atoms with Gasteiger partial charge < -0.3 is 15.1 Å². The zero-order valence-corrected chi connectivity index (χ0v) is 17.0. The summed E-state index contributed by atoms with van der Waals surface area (Å²) in [5, 5.41) is 3.11. The second-order valence-corrected chi connectivity index (χ2v) is 9.14. The SMILES string of the molecule is O=C(NCCCSc1ccccc1)N1CCN([C@H]2CN3CCC2CC3)CC1. The van der Waals surface area contributed by atoms with Crippen LogP contribution in [0.2, 0.25) is 0 Å². The van der Waals surface area contributed by atoms with E-state index in [1.165, 1.54) is 37.4 Å². The van der Waals surface area contributed by atoms with Crippen LogP contribution in [0.3, 0.4) is 0 Å². The van der Waals surface area contributed by atoms with Crippen molar-refractivity contribution >= 4 is 17.8 Å². The van der Waals surface area contributed by atoms with E-state index in [-0.39, 0.29) is 6.03 Å². The van der Waals surface area contributed by atoms with Crippen molar-refractivity contribution < 1.29 is 4.79 Å². The number of thioether (sulfide) groups is 1. The average Bonchev–Trinajstić information content (AvgIpc) is 2.75. The van der Waals surface area contributed by atoms with Crippen LogP contribution in [-0.4, -0.2) is 84.9 Å². The van der Waals surface area contributed by atoms with Crippen LogP contribution in [0, 0.1) is 5.92 Å². The maximum absolute atomic E-state index is 12.4. The summed E-state index contributed by atoms with van der Waals surface area (Å²) < 4.78 is 0. The van der Waals surface area contributed by atoms with Crippen molar-refractivity contribution in [1.29, 1.82) is 0 Å². The van der Waals surface area contributed by atoms with E-state index < -0.39 is 0 Å². The van der Waals surface area contributed by atoms with Gasteiger partial charge in [-0.05, 0) is 56.2 Å². The lowest BCUT2D eigenvalue weighted by molar-refractivity contribution is -0.0103. The Morgan fingerprint density at radius 1 is 1.04 bits per heavy atom. The van der Waals surface area contributed by atoms with Crippen molar-refractivity contribution in [2.75, 3.05) is 58.1 Å². The fraction of sp³-hybridized carbons (Fsp3) is 0.667. The van der Waals surface area contributed by atoms with Crippen LogP contribution in [0.1, 0.15) is 19.3 Å². The summed E-state index contributed by atoms with van der Waals surface area (Å²) in [6.07, 6.45) is 3.74. The Bertz CT molecular complexity index is 597. The first kappa shape index (κ1) is 19.1. The van der Waals surface area contributed by atoms with Gasteiger partial charge in [0.05, 0.1) is 0 Å². The summed E-state index contributed by atoms with van der Waals surface area (Å²) in [5.41, 5.74) is 0. The number of nitrogens with one attached hydrogen (secondary N) is 1. The van der Waals surface area contributed by atoms with Crippen LogP contribution >= 0.6 is 11.8 Å². The molecule has 0 radical (unpaired) electrons. The lowest BCUT2D eigenvalue weighted by Crippen LogP contribution is -2.62. The zero-order chi connectivity index (χ0) is 18.5. The summed E-state index contributed by atoms with van der Waals surface area (Å²) in [4.78, 5) is 21.0. The molecule has 1 atom stereocenters. The number of fused-ring (bicyclic) bond motifs is 3. The molecule has 6 heteroatoms. The Balaban J connectivity index is 1.12. The number of rotatable bonds is 6. The standard InChI is InChI=1S/C21H32N4OS/c26-21(22-9-4-16-27-19-5-2-1-3-6-19)25-14-12-24(13-15-25)20-17-23-10-7-18(20)8-11-23/h1-3,5-6,18,20H,4,7-17H2,(H,22,26)/t20-/m0/s1. The van der Waals surface area contributed by atoms with Crippen LogP contribution in [0.5, 0.6) is 0 Å². The minimum absolute atomic E-state index is 0.119. The summed E-state index contributed by atoms with van der Waals surface area (Å²) in [5.74, 6) is 1.93. The highest BCUT2D eigenvalue weighted by Crippen LogP contribution is 2.31. The molecule has 0 unspecified atom stereocenters. The Morgan fingerprint density at radius 3 is 2.44 bits per heavy atom. The monoisotopic (exact) mass is 388 g/mol. The predicted octanol–water partition coefficient (Wildman–Crippen LogP) is 2.59. The Hall–Kier alpha value is -1.24. The molecule has 148 valence electrons. The molecule has 4 fully saturated rings. The van der Waals surface area contributed by atoms with E-state index in [2.05, 4.69) is 39.4 Å². The fourth-order valence-electron chi connectivity index (χ4n) is 4.69. The largest absolute Gasteiger partial charge is 0.338 e. The summed E-state index contributed by atoms with van der Waals surface area (Å²) >= 11 is 1.85. The van der Waals surface area contributed by atoms with Gasteiger partial charge >= 0.3 is 6.03 Å². The third-order valence-electron chi connectivity index (χ3n) is 6.30. The van der Waals surface area contributed by atoms with Crippen molar-refractivity contribution in [1.82, 2.24) is 20.0 Å². The topological polar surface area (TPSA) is 38.8 Å². The van der Waals surface area contributed by atoms with E-state index in [4.69, 9.17) is 0 Å². The molecular formula is C21H32N4OS. The summed E-state index contributed by atoms with van der Waals surface area (Å²) in [6.45, 7) is 8.41. The average molecular weight is 389 g/mol. The van der Waals surface area contributed by atoms with Crippen molar-refractivity contribution in [3.8, 4) is 0 Å². The Morgan fingerprint density at radius 2 is 1.78 bits per heavy atom. The van der Waals surface area contributed by atoms with E-state index in [0.717, 1.165) is 56.9 Å². The van der Waals surface area contributed by atoms with Crippen molar-refractivity contribution in [2.24, 2.45) is 5.92 Å². The second-order valence-electron chi connectivity index (χ2n) is 7.98.